The fourth-order valence-electron chi connectivity index (χ4n) is 6.84. The van der Waals surface area contributed by atoms with Gasteiger partial charge in [0.05, 0.1) is 6.61 Å². The Bertz CT molecular complexity index is 1660. The lowest BCUT2D eigenvalue weighted by Gasteiger charge is -2.46. The molecule has 51 heavy (non-hydrogen) atoms. The Morgan fingerprint density at radius 2 is 0.961 bits per heavy atom. The number of aliphatic hydroxyl groups is 3. The molecule has 5 rings (SSSR count). The van der Waals surface area contributed by atoms with Crippen molar-refractivity contribution < 1.29 is 29.2 Å². The van der Waals surface area contributed by atoms with E-state index in [1.54, 1.807) is 6.08 Å². The highest BCUT2D eigenvalue weighted by Gasteiger charge is 2.58. The molecule has 0 amide bonds. The second-order valence-electron chi connectivity index (χ2n) is 13.7. The first-order valence-electron chi connectivity index (χ1n) is 17.6. The standard InChI is InChI=1S/C44H50O6Si/c1-5-6-22-34-48-42(45,33-35-49-51(41(2,3)4,39-29-18-10-19-30-39)40-31-20-11-21-32-40)44(46,47)50-43(36-23-12-7-13-24-36,37-25-14-8-15-26-37)38-27-16-9-17-28-38/h6-32,45-47H,5,33-35H2,1-4H3. The molecule has 0 saturated carbocycles. The largest absolute Gasteiger partial charge is 0.407 e. The lowest BCUT2D eigenvalue weighted by atomic mass is 9.80. The van der Waals surface area contributed by atoms with Crippen molar-refractivity contribution in [2.45, 2.75) is 62.9 Å². The van der Waals surface area contributed by atoms with Crippen molar-refractivity contribution in [3.05, 3.63) is 181 Å². The van der Waals surface area contributed by atoms with Gasteiger partial charge in [-0.3, -0.25) is 0 Å². The van der Waals surface area contributed by atoms with E-state index < -0.39 is 25.7 Å². The molecule has 0 bridgehead atoms. The Balaban J connectivity index is 1.60. The second kappa shape index (κ2) is 16.4. The van der Waals surface area contributed by atoms with Crippen molar-refractivity contribution >= 4 is 18.7 Å². The number of hydrogen-bond acceptors (Lipinski definition) is 6. The minimum atomic E-state index is -3.25. The van der Waals surface area contributed by atoms with Crippen LogP contribution in [0, 0.1) is 0 Å². The van der Waals surface area contributed by atoms with Crippen LogP contribution in [0.25, 0.3) is 0 Å². The smallest absolute Gasteiger partial charge is 0.337 e. The molecule has 0 radical (unpaired) electrons. The molecule has 266 valence electrons. The van der Waals surface area contributed by atoms with Crippen LogP contribution in [0.4, 0.5) is 0 Å². The van der Waals surface area contributed by atoms with E-state index in [-0.39, 0.29) is 24.7 Å². The molecule has 0 heterocycles. The van der Waals surface area contributed by atoms with Gasteiger partial charge in [0, 0.05) is 13.0 Å². The summed E-state index contributed by atoms with van der Waals surface area (Å²) in [5.74, 6) is -5.89. The van der Waals surface area contributed by atoms with Crippen LogP contribution >= 0.6 is 0 Å². The zero-order valence-electron chi connectivity index (χ0n) is 30.0. The van der Waals surface area contributed by atoms with E-state index in [1.807, 2.05) is 140 Å². The predicted molar refractivity (Wildman–Crippen MR) is 206 cm³/mol. The van der Waals surface area contributed by atoms with Crippen LogP contribution < -0.4 is 10.4 Å². The van der Waals surface area contributed by atoms with Crippen LogP contribution in [-0.4, -0.2) is 48.6 Å². The third-order valence-corrected chi connectivity index (χ3v) is 14.4. The maximum Gasteiger partial charge on any atom is 0.337 e. The third kappa shape index (κ3) is 8.01. The van der Waals surface area contributed by atoms with Crippen molar-refractivity contribution in [1.82, 2.24) is 0 Å². The van der Waals surface area contributed by atoms with Crippen LogP contribution in [-0.2, 0) is 19.5 Å². The normalized spacial score (nSPS) is 14.0. The fraction of sp³-hybridized carbons (Fsp3) is 0.273. The molecule has 0 aliphatic rings. The number of rotatable bonds is 16. The molecule has 5 aromatic carbocycles. The van der Waals surface area contributed by atoms with E-state index in [9.17, 15) is 15.3 Å². The summed E-state index contributed by atoms with van der Waals surface area (Å²) in [6.07, 6.45) is 4.05. The SMILES string of the molecule is CCC=CCOC(O)(CCO[Si](c1ccccc1)(c1ccccc1)C(C)(C)C)C(O)(O)OC(c1ccccc1)(c1ccccc1)c1ccccc1. The van der Waals surface area contributed by atoms with Crippen molar-refractivity contribution in [2.24, 2.45) is 0 Å². The molecule has 6 nitrogen and oxygen atoms in total. The van der Waals surface area contributed by atoms with Gasteiger partial charge in [0.1, 0.15) is 5.60 Å². The molecule has 0 aliphatic heterocycles. The lowest BCUT2D eigenvalue weighted by Crippen LogP contribution is -2.67. The summed E-state index contributed by atoms with van der Waals surface area (Å²) in [6, 6.07) is 48.4. The highest BCUT2D eigenvalue weighted by atomic mass is 28.4. The van der Waals surface area contributed by atoms with E-state index in [4.69, 9.17) is 13.9 Å². The van der Waals surface area contributed by atoms with Crippen LogP contribution in [0.2, 0.25) is 5.04 Å². The molecule has 0 saturated heterocycles. The third-order valence-electron chi connectivity index (χ3n) is 9.34. The van der Waals surface area contributed by atoms with Gasteiger partial charge < -0.3 is 29.2 Å². The Hall–Kier alpha value is -4.18. The van der Waals surface area contributed by atoms with Gasteiger partial charge >= 0.3 is 5.97 Å². The van der Waals surface area contributed by atoms with Gasteiger partial charge in [-0.05, 0) is 38.5 Å². The summed E-state index contributed by atoms with van der Waals surface area (Å²) in [6.45, 7) is 8.32. The Morgan fingerprint density at radius 3 is 1.33 bits per heavy atom. The highest BCUT2D eigenvalue weighted by Crippen LogP contribution is 2.45. The maximum absolute atomic E-state index is 12.4. The second-order valence-corrected chi connectivity index (χ2v) is 18.0. The van der Waals surface area contributed by atoms with Gasteiger partial charge in [-0.1, -0.05) is 192 Å². The molecule has 3 N–H and O–H groups in total. The van der Waals surface area contributed by atoms with Gasteiger partial charge in [-0.15, -0.1) is 0 Å². The summed E-state index contributed by atoms with van der Waals surface area (Å²) in [4.78, 5) is 0. The number of ether oxygens (including phenoxy) is 2. The first kappa shape index (κ1) is 38.1. The molecule has 7 heteroatoms. The van der Waals surface area contributed by atoms with E-state index in [2.05, 4.69) is 45.0 Å². The van der Waals surface area contributed by atoms with E-state index in [0.717, 1.165) is 16.8 Å². The topological polar surface area (TPSA) is 88.4 Å². The predicted octanol–water partition coefficient (Wildman–Crippen LogP) is 7.27. The molecule has 0 aliphatic carbocycles. The number of benzene rings is 5. The molecular formula is C44H50O6Si. The highest BCUT2D eigenvalue weighted by molar-refractivity contribution is 6.99. The molecular weight excluding hydrogens is 653 g/mol. The van der Waals surface area contributed by atoms with Gasteiger partial charge in [0.15, 0.2) is 0 Å². The maximum atomic E-state index is 12.4. The van der Waals surface area contributed by atoms with Gasteiger partial charge in [-0.25, -0.2) is 0 Å². The minimum Gasteiger partial charge on any atom is -0.407 e. The monoisotopic (exact) mass is 702 g/mol. The quantitative estimate of drug-likeness (QED) is 0.0434. The van der Waals surface area contributed by atoms with Gasteiger partial charge in [0.2, 0.25) is 0 Å². The van der Waals surface area contributed by atoms with E-state index >= 15 is 0 Å². The molecule has 0 aromatic heterocycles. The number of hydrogen-bond donors (Lipinski definition) is 3. The molecule has 0 spiro atoms. The van der Waals surface area contributed by atoms with Gasteiger partial charge in [-0.2, -0.15) is 0 Å². The summed E-state index contributed by atoms with van der Waals surface area (Å²) in [5, 5.41) is 38.7. The van der Waals surface area contributed by atoms with E-state index in [0.29, 0.717) is 16.7 Å². The summed E-state index contributed by atoms with van der Waals surface area (Å²) >= 11 is 0. The lowest BCUT2D eigenvalue weighted by molar-refractivity contribution is -0.484. The summed E-state index contributed by atoms with van der Waals surface area (Å²) in [7, 11) is -3.04. The van der Waals surface area contributed by atoms with Crippen LogP contribution in [0.1, 0.15) is 57.2 Å². The average molecular weight is 703 g/mol. The Kier molecular flexibility index (Phi) is 12.3. The number of allylic oxidation sites excluding steroid dienone is 1. The molecule has 5 aromatic rings. The molecule has 1 unspecified atom stereocenters. The van der Waals surface area contributed by atoms with Crippen LogP contribution in [0.5, 0.6) is 0 Å². The summed E-state index contributed by atoms with van der Waals surface area (Å²) in [5.41, 5.74) is 0.327. The van der Waals surface area contributed by atoms with Crippen molar-refractivity contribution in [1.29, 1.82) is 0 Å². The van der Waals surface area contributed by atoms with Gasteiger partial charge in [0.25, 0.3) is 14.1 Å². The van der Waals surface area contributed by atoms with Crippen LogP contribution in [0.15, 0.2) is 164 Å². The first-order chi connectivity index (χ1) is 24.5. The van der Waals surface area contributed by atoms with E-state index in [1.165, 1.54) is 0 Å². The zero-order valence-corrected chi connectivity index (χ0v) is 31.0. The van der Waals surface area contributed by atoms with Crippen molar-refractivity contribution in [3.8, 4) is 0 Å². The Morgan fingerprint density at radius 1 is 0.569 bits per heavy atom. The van der Waals surface area contributed by atoms with Crippen molar-refractivity contribution in [3.63, 3.8) is 0 Å². The summed E-state index contributed by atoms with van der Waals surface area (Å²) < 4.78 is 19.7. The van der Waals surface area contributed by atoms with Crippen molar-refractivity contribution in [2.75, 3.05) is 13.2 Å². The average Bonchev–Trinajstić information content (AvgIpc) is 3.15. The Labute approximate surface area is 303 Å². The zero-order chi connectivity index (χ0) is 36.4. The minimum absolute atomic E-state index is 0.0670. The molecule has 0 fully saturated rings. The fourth-order valence-corrected chi connectivity index (χ4v) is 11.4. The van der Waals surface area contributed by atoms with Crippen LogP contribution in [0.3, 0.4) is 0 Å². The molecule has 1 atom stereocenters. The first-order valence-corrected chi connectivity index (χ1v) is 19.5.